The second-order valence-electron chi connectivity index (χ2n) is 9.27. The molecule has 1 fully saturated rings. The first-order valence-corrected chi connectivity index (χ1v) is 14.3. The number of benzene rings is 2. The van der Waals surface area contributed by atoms with Crippen LogP contribution in [0, 0.1) is 0 Å². The highest BCUT2D eigenvalue weighted by atomic mass is 32.2. The van der Waals surface area contributed by atoms with E-state index < -0.39 is 15.9 Å². The third-order valence-electron chi connectivity index (χ3n) is 6.59. The third-order valence-corrected chi connectivity index (χ3v) is 7.84. The van der Waals surface area contributed by atoms with Gasteiger partial charge in [0.25, 0.3) is 27.7 Å². The molecule has 40 heavy (non-hydrogen) atoms. The molecule has 13 heteroatoms. The summed E-state index contributed by atoms with van der Waals surface area (Å²) >= 11 is 0. The van der Waals surface area contributed by atoms with Gasteiger partial charge in [-0.3, -0.25) is 19.3 Å². The van der Waals surface area contributed by atoms with Crippen molar-refractivity contribution in [1.29, 1.82) is 0 Å². The van der Waals surface area contributed by atoms with Crippen molar-refractivity contribution in [2.45, 2.75) is 30.2 Å². The van der Waals surface area contributed by atoms with Crippen LogP contribution < -0.4 is 26.4 Å². The highest BCUT2D eigenvalue weighted by Gasteiger charge is 2.34. The number of piperidine rings is 1. The zero-order valence-electron chi connectivity index (χ0n) is 22.1. The zero-order valence-corrected chi connectivity index (χ0v) is 22.9. The topological polar surface area (TPSA) is 172 Å². The Hall–Kier alpha value is -4.23. The molecule has 2 heterocycles. The number of allylic oxidation sites excluding steroid dienone is 1. The highest BCUT2D eigenvalue weighted by molar-refractivity contribution is 7.90. The lowest BCUT2D eigenvalue weighted by atomic mass is 10.1. The number of nitrogens with one attached hydrogen (secondary N) is 3. The van der Waals surface area contributed by atoms with Gasteiger partial charge in [-0.25, -0.2) is 0 Å². The minimum atomic E-state index is -4.08. The molecule has 0 radical (unpaired) electrons. The number of hydrogen-bond donors (Lipinski definition) is 4. The summed E-state index contributed by atoms with van der Waals surface area (Å²) in [6.07, 6.45) is 2.98. The molecule has 1 saturated heterocycles. The van der Waals surface area contributed by atoms with E-state index in [0.717, 1.165) is 32.1 Å². The number of amides is 3. The minimum absolute atomic E-state index is 0.00542. The molecule has 2 aliphatic heterocycles. The molecule has 0 unspecified atom stereocenters. The zero-order chi connectivity index (χ0) is 28.7. The number of carbonyl (C=O) groups is 3. The normalized spacial score (nSPS) is 16.6. The number of nitrogens with zero attached hydrogens (tertiary/aromatic N) is 2. The van der Waals surface area contributed by atoms with E-state index in [0.29, 0.717) is 23.3 Å². The van der Waals surface area contributed by atoms with Crippen molar-refractivity contribution >= 4 is 34.0 Å². The number of ether oxygens (including phenoxy) is 1. The van der Waals surface area contributed by atoms with E-state index in [9.17, 15) is 22.8 Å². The standard InChI is InChI=1S/C27H32N6O6S/c1-29-23(24(28)25(34)32-18-11-13-30-14-12-18)17-31-40(37,38)20-9-7-19(8-10-20)39-16-4-15-33-26(35)21-5-2-3-6-22(21)27(33)36/h2-3,5-10,17-18,29-30H,4,11-16,28H2,1H3,(H,32,34)/b24-23+,31-17+. The van der Waals surface area contributed by atoms with Crippen molar-refractivity contribution in [1.82, 2.24) is 20.9 Å². The van der Waals surface area contributed by atoms with E-state index in [1.807, 2.05) is 0 Å². The molecule has 3 amide bonds. The van der Waals surface area contributed by atoms with Crippen LogP contribution >= 0.6 is 0 Å². The fourth-order valence-electron chi connectivity index (χ4n) is 4.37. The van der Waals surface area contributed by atoms with Gasteiger partial charge in [0.05, 0.1) is 34.5 Å². The van der Waals surface area contributed by atoms with Gasteiger partial charge in [0.15, 0.2) is 0 Å². The Kier molecular flexibility index (Phi) is 9.17. The summed E-state index contributed by atoms with van der Waals surface area (Å²) in [7, 11) is -2.57. The largest absolute Gasteiger partial charge is 0.494 e. The van der Waals surface area contributed by atoms with Crippen LogP contribution in [0.3, 0.4) is 0 Å². The second-order valence-corrected chi connectivity index (χ2v) is 10.9. The molecule has 0 aromatic heterocycles. The first-order chi connectivity index (χ1) is 19.2. The molecule has 5 N–H and O–H groups in total. The van der Waals surface area contributed by atoms with E-state index in [2.05, 4.69) is 20.3 Å². The van der Waals surface area contributed by atoms with Crippen LogP contribution in [0.1, 0.15) is 40.0 Å². The van der Waals surface area contributed by atoms with Crippen LogP contribution in [0.2, 0.25) is 0 Å². The fourth-order valence-corrected chi connectivity index (χ4v) is 5.21. The summed E-state index contributed by atoms with van der Waals surface area (Å²) in [6.45, 7) is 2.01. The minimum Gasteiger partial charge on any atom is -0.494 e. The number of sulfonamides is 1. The maximum Gasteiger partial charge on any atom is 0.282 e. The first kappa shape index (κ1) is 28.8. The van der Waals surface area contributed by atoms with Gasteiger partial charge in [-0.1, -0.05) is 12.1 Å². The maximum atomic E-state index is 12.7. The lowest BCUT2D eigenvalue weighted by Crippen LogP contribution is -2.44. The number of carbonyl (C=O) groups excluding carboxylic acids is 3. The SMILES string of the molecule is CNC(/C=N/S(=O)(=O)c1ccc(OCCCN2C(=O)c3ccccc3C2=O)cc1)=C(/N)C(=O)NC1CCNCC1. The van der Waals surface area contributed by atoms with Gasteiger partial charge >= 0.3 is 0 Å². The molecule has 2 aromatic carbocycles. The van der Waals surface area contributed by atoms with Crippen molar-refractivity contribution < 1.29 is 27.5 Å². The Bertz CT molecular complexity index is 1400. The molecule has 2 aliphatic rings. The van der Waals surface area contributed by atoms with Gasteiger partial charge < -0.3 is 26.4 Å². The van der Waals surface area contributed by atoms with Crippen LogP contribution in [0.5, 0.6) is 5.75 Å². The summed E-state index contributed by atoms with van der Waals surface area (Å²) in [4.78, 5) is 38.5. The van der Waals surface area contributed by atoms with Crippen LogP contribution in [0.15, 0.2) is 69.2 Å². The summed E-state index contributed by atoms with van der Waals surface area (Å²) in [5.74, 6) is -0.725. The van der Waals surface area contributed by atoms with Crippen molar-refractivity contribution in [3.05, 3.63) is 71.1 Å². The molecule has 0 atom stereocenters. The van der Waals surface area contributed by atoms with Crippen LogP contribution in [-0.4, -0.2) is 76.6 Å². The first-order valence-electron chi connectivity index (χ1n) is 12.9. The Balaban J connectivity index is 1.30. The molecule has 0 spiro atoms. The Morgan fingerprint density at radius 3 is 2.33 bits per heavy atom. The van der Waals surface area contributed by atoms with Gasteiger partial charge in [0, 0.05) is 19.6 Å². The van der Waals surface area contributed by atoms with Gasteiger partial charge in [-0.05, 0) is 68.8 Å². The summed E-state index contributed by atoms with van der Waals surface area (Å²) in [5, 5.41) is 8.78. The van der Waals surface area contributed by atoms with E-state index >= 15 is 0 Å². The summed E-state index contributed by atoms with van der Waals surface area (Å²) in [6, 6.07) is 12.4. The number of nitrogens with two attached hydrogens (primary N) is 1. The van der Waals surface area contributed by atoms with Crippen molar-refractivity contribution in [2.24, 2.45) is 10.1 Å². The van der Waals surface area contributed by atoms with Gasteiger partial charge in [0.2, 0.25) is 0 Å². The predicted octanol–water partition coefficient (Wildman–Crippen LogP) is 0.769. The molecule has 0 saturated carbocycles. The number of fused-ring (bicyclic) bond motifs is 1. The van der Waals surface area contributed by atoms with Crippen LogP contribution in [0.25, 0.3) is 0 Å². The highest BCUT2D eigenvalue weighted by Crippen LogP contribution is 2.23. The van der Waals surface area contributed by atoms with Crippen LogP contribution in [0.4, 0.5) is 0 Å². The van der Waals surface area contributed by atoms with E-state index in [1.165, 1.54) is 36.2 Å². The fraction of sp³-hybridized carbons (Fsp3) is 0.333. The van der Waals surface area contributed by atoms with Gasteiger partial charge in [-0.15, -0.1) is 0 Å². The molecule has 4 rings (SSSR count). The Morgan fingerprint density at radius 2 is 1.73 bits per heavy atom. The smallest absolute Gasteiger partial charge is 0.282 e. The van der Waals surface area contributed by atoms with E-state index in [4.69, 9.17) is 10.5 Å². The summed E-state index contributed by atoms with van der Waals surface area (Å²) < 4.78 is 34.8. The average molecular weight is 569 g/mol. The van der Waals surface area contributed by atoms with Crippen molar-refractivity contribution in [2.75, 3.05) is 33.3 Å². The molecule has 0 bridgehead atoms. The quantitative estimate of drug-likeness (QED) is 0.132. The predicted molar refractivity (Wildman–Crippen MR) is 148 cm³/mol. The van der Waals surface area contributed by atoms with Crippen molar-refractivity contribution in [3.8, 4) is 5.75 Å². The monoisotopic (exact) mass is 568 g/mol. The molecular weight excluding hydrogens is 536 g/mol. The molecule has 2 aromatic rings. The number of imide groups is 1. The van der Waals surface area contributed by atoms with Crippen molar-refractivity contribution in [3.63, 3.8) is 0 Å². The Morgan fingerprint density at radius 1 is 1.10 bits per heavy atom. The average Bonchev–Trinajstić information content (AvgIpc) is 3.21. The Labute approximate surface area is 232 Å². The lowest BCUT2D eigenvalue weighted by molar-refractivity contribution is -0.118. The number of hydrogen-bond acceptors (Lipinski definition) is 9. The molecule has 12 nitrogen and oxygen atoms in total. The maximum absolute atomic E-state index is 12.7. The molecule has 0 aliphatic carbocycles. The second kappa shape index (κ2) is 12.7. The van der Waals surface area contributed by atoms with E-state index in [1.54, 1.807) is 24.3 Å². The van der Waals surface area contributed by atoms with Crippen LogP contribution in [-0.2, 0) is 14.8 Å². The molecular formula is C27H32N6O6S. The number of rotatable bonds is 11. The molecule has 212 valence electrons. The van der Waals surface area contributed by atoms with E-state index in [-0.39, 0.29) is 47.3 Å². The van der Waals surface area contributed by atoms with Gasteiger partial charge in [0.1, 0.15) is 11.4 Å². The third kappa shape index (κ3) is 6.66. The van der Waals surface area contributed by atoms with Gasteiger partial charge in [-0.2, -0.15) is 12.8 Å². The lowest BCUT2D eigenvalue weighted by Gasteiger charge is -2.23. The summed E-state index contributed by atoms with van der Waals surface area (Å²) in [5.41, 5.74) is 6.67.